The topological polar surface area (TPSA) is 59.8 Å². The van der Waals surface area contributed by atoms with Gasteiger partial charge in [0.05, 0.1) is 30.4 Å². The van der Waals surface area contributed by atoms with E-state index in [0.717, 1.165) is 35.4 Å². The Kier molecular flexibility index (Phi) is 5.46. The summed E-state index contributed by atoms with van der Waals surface area (Å²) in [5.74, 6) is -0.405. The third kappa shape index (κ3) is 4.27. The van der Waals surface area contributed by atoms with Crippen LogP contribution in [-0.2, 0) is 17.8 Å². The number of hydrogen-bond donors (Lipinski definition) is 1. The molecule has 3 aromatic rings. The van der Waals surface area contributed by atoms with E-state index in [-0.39, 0.29) is 18.1 Å². The van der Waals surface area contributed by atoms with Crippen LogP contribution in [0.2, 0.25) is 0 Å². The molecule has 1 saturated carbocycles. The molecule has 144 valence electrons. The lowest BCUT2D eigenvalue weighted by molar-refractivity contribution is -0.120. The first-order valence-electron chi connectivity index (χ1n) is 9.69. The molecule has 0 saturated heterocycles. The minimum Gasteiger partial charge on any atom is -0.350 e. The maximum atomic E-state index is 13.0. The smallest absolute Gasteiger partial charge is 0.224 e. The Morgan fingerprint density at radius 3 is 2.54 bits per heavy atom. The van der Waals surface area contributed by atoms with Crippen LogP contribution in [0.5, 0.6) is 0 Å². The highest BCUT2D eigenvalue weighted by Gasteiger charge is 2.22. The number of aromatic nitrogens is 3. The van der Waals surface area contributed by atoms with E-state index in [0.29, 0.717) is 12.6 Å². The van der Waals surface area contributed by atoms with Crippen molar-refractivity contribution in [3.05, 3.63) is 71.9 Å². The molecule has 5 nitrogen and oxygen atoms in total. The Balaban J connectivity index is 1.47. The molecule has 0 atom stereocenters. The van der Waals surface area contributed by atoms with Crippen LogP contribution in [0.4, 0.5) is 4.39 Å². The SMILES string of the molecule is O=C(Cc1ccc(F)cc1)NCc1cc(-c2ccncc2)n(C2CCCC2)n1. The van der Waals surface area contributed by atoms with Crippen molar-refractivity contribution in [2.75, 3.05) is 0 Å². The average molecular weight is 378 g/mol. The van der Waals surface area contributed by atoms with Gasteiger partial charge < -0.3 is 5.32 Å². The fourth-order valence-electron chi connectivity index (χ4n) is 3.74. The first-order chi connectivity index (χ1) is 13.7. The number of pyridine rings is 1. The summed E-state index contributed by atoms with van der Waals surface area (Å²) < 4.78 is 15.1. The normalized spacial score (nSPS) is 14.3. The van der Waals surface area contributed by atoms with Crippen molar-refractivity contribution in [3.63, 3.8) is 0 Å². The van der Waals surface area contributed by atoms with Gasteiger partial charge in [-0.1, -0.05) is 25.0 Å². The molecule has 1 N–H and O–H groups in total. The van der Waals surface area contributed by atoms with Crippen molar-refractivity contribution in [3.8, 4) is 11.3 Å². The quantitative estimate of drug-likeness (QED) is 0.704. The molecule has 6 heteroatoms. The highest BCUT2D eigenvalue weighted by atomic mass is 19.1. The maximum absolute atomic E-state index is 13.0. The minimum absolute atomic E-state index is 0.104. The van der Waals surface area contributed by atoms with E-state index in [9.17, 15) is 9.18 Å². The van der Waals surface area contributed by atoms with E-state index in [4.69, 9.17) is 5.10 Å². The van der Waals surface area contributed by atoms with Crippen LogP contribution in [0.15, 0.2) is 54.9 Å². The van der Waals surface area contributed by atoms with Gasteiger partial charge in [0.1, 0.15) is 5.82 Å². The number of nitrogens with one attached hydrogen (secondary N) is 1. The van der Waals surface area contributed by atoms with Gasteiger partial charge in [0.2, 0.25) is 5.91 Å². The van der Waals surface area contributed by atoms with E-state index in [2.05, 4.69) is 15.0 Å². The van der Waals surface area contributed by atoms with Crippen LogP contribution in [0, 0.1) is 5.82 Å². The van der Waals surface area contributed by atoms with Gasteiger partial charge in [0, 0.05) is 18.0 Å². The molecule has 0 aliphatic heterocycles. The largest absolute Gasteiger partial charge is 0.350 e. The van der Waals surface area contributed by atoms with E-state index >= 15 is 0 Å². The number of carbonyl (C=O) groups excluding carboxylic acids is 1. The summed E-state index contributed by atoms with van der Waals surface area (Å²) in [5.41, 5.74) is 3.77. The number of halogens is 1. The second-order valence-electron chi connectivity index (χ2n) is 7.22. The van der Waals surface area contributed by atoms with Gasteiger partial charge in [-0.3, -0.25) is 14.5 Å². The van der Waals surface area contributed by atoms with E-state index in [1.165, 1.54) is 25.0 Å². The van der Waals surface area contributed by atoms with Crippen molar-refractivity contribution in [2.45, 2.75) is 44.7 Å². The zero-order valence-electron chi connectivity index (χ0n) is 15.6. The predicted molar refractivity (Wildman–Crippen MR) is 105 cm³/mol. The van der Waals surface area contributed by atoms with E-state index in [1.54, 1.807) is 24.5 Å². The van der Waals surface area contributed by atoms with Crippen molar-refractivity contribution in [2.24, 2.45) is 0 Å². The van der Waals surface area contributed by atoms with Gasteiger partial charge in [0.25, 0.3) is 0 Å². The van der Waals surface area contributed by atoms with Crippen molar-refractivity contribution >= 4 is 5.91 Å². The molecular weight excluding hydrogens is 355 g/mol. The van der Waals surface area contributed by atoms with E-state index in [1.807, 2.05) is 18.2 Å². The van der Waals surface area contributed by atoms with Gasteiger partial charge in [0.15, 0.2) is 0 Å². The Morgan fingerprint density at radius 2 is 1.82 bits per heavy atom. The molecule has 2 aromatic heterocycles. The summed E-state index contributed by atoms with van der Waals surface area (Å²) in [6.07, 6.45) is 8.51. The first kappa shape index (κ1) is 18.3. The third-order valence-electron chi connectivity index (χ3n) is 5.18. The number of amides is 1. The molecule has 1 fully saturated rings. The molecule has 1 aromatic carbocycles. The minimum atomic E-state index is -0.301. The summed E-state index contributed by atoms with van der Waals surface area (Å²) in [7, 11) is 0. The Bertz CT molecular complexity index is 931. The molecule has 4 rings (SSSR count). The molecule has 1 amide bonds. The Hall–Kier alpha value is -3.02. The summed E-state index contributed by atoms with van der Waals surface area (Å²) in [5, 5.41) is 7.71. The highest BCUT2D eigenvalue weighted by Crippen LogP contribution is 2.33. The molecule has 0 unspecified atom stereocenters. The second-order valence-corrected chi connectivity index (χ2v) is 7.22. The van der Waals surface area contributed by atoms with Crippen LogP contribution in [0.25, 0.3) is 11.3 Å². The van der Waals surface area contributed by atoms with Gasteiger partial charge >= 0.3 is 0 Å². The van der Waals surface area contributed by atoms with Crippen LogP contribution < -0.4 is 5.32 Å². The lowest BCUT2D eigenvalue weighted by Crippen LogP contribution is -2.25. The van der Waals surface area contributed by atoms with Gasteiger partial charge in [-0.15, -0.1) is 0 Å². The maximum Gasteiger partial charge on any atom is 0.224 e. The molecule has 1 aliphatic carbocycles. The number of benzene rings is 1. The van der Waals surface area contributed by atoms with Gasteiger partial charge in [-0.05, 0) is 48.7 Å². The first-order valence-corrected chi connectivity index (χ1v) is 9.69. The second kappa shape index (κ2) is 8.33. The highest BCUT2D eigenvalue weighted by molar-refractivity contribution is 5.78. The lowest BCUT2D eigenvalue weighted by atomic mass is 10.1. The third-order valence-corrected chi connectivity index (χ3v) is 5.18. The standard InChI is InChI=1S/C22H23FN4O/c23-18-7-5-16(6-8-18)13-22(28)25-15-19-14-21(17-9-11-24-12-10-17)27(26-19)20-3-1-2-4-20/h5-12,14,20H,1-4,13,15H2,(H,25,28). The predicted octanol–water partition coefficient (Wildman–Crippen LogP) is 4.06. The Labute approximate surface area is 163 Å². The molecule has 1 aliphatic rings. The van der Waals surface area contributed by atoms with E-state index < -0.39 is 0 Å². The van der Waals surface area contributed by atoms with Crippen LogP contribution in [-0.4, -0.2) is 20.7 Å². The number of carbonyl (C=O) groups is 1. The molecule has 0 bridgehead atoms. The van der Waals surface area contributed by atoms with Crippen molar-refractivity contribution in [1.29, 1.82) is 0 Å². The van der Waals surface area contributed by atoms with Gasteiger partial charge in [-0.25, -0.2) is 4.39 Å². The van der Waals surface area contributed by atoms with Gasteiger partial charge in [-0.2, -0.15) is 5.10 Å². The number of rotatable bonds is 6. The summed E-state index contributed by atoms with van der Waals surface area (Å²) in [6, 6.07) is 12.4. The fourth-order valence-corrected chi connectivity index (χ4v) is 3.74. The van der Waals surface area contributed by atoms with Crippen LogP contribution >= 0.6 is 0 Å². The monoisotopic (exact) mass is 378 g/mol. The average Bonchev–Trinajstić information content (AvgIpc) is 3.38. The van der Waals surface area contributed by atoms with Crippen molar-refractivity contribution in [1.82, 2.24) is 20.1 Å². The van der Waals surface area contributed by atoms with Crippen LogP contribution in [0.3, 0.4) is 0 Å². The van der Waals surface area contributed by atoms with Crippen LogP contribution in [0.1, 0.15) is 43.0 Å². The molecule has 0 spiro atoms. The summed E-state index contributed by atoms with van der Waals surface area (Å²) >= 11 is 0. The molecular formula is C22H23FN4O. The Morgan fingerprint density at radius 1 is 1.11 bits per heavy atom. The fraction of sp³-hybridized carbons (Fsp3) is 0.318. The summed E-state index contributed by atoms with van der Waals surface area (Å²) in [4.78, 5) is 16.3. The van der Waals surface area contributed by atoms with Crippen molar-refractivity contribution < 1.29 is 9.18 Å². The lowest BCUT2D eigenvalue weighted by Gasteiger charge is -2.14. The number of nitrogens with zero attached hydrogens (tertiary/aromatic N) is 3. The molecule has 0 radical (unpaired) electrons. The zero-order valence-corrected chi connectivity index (χ0v) is 15.6. The molecule has 2 heterocycles. The zero-order chi connectivity index (χ0) is 19.3. The summed E-state index contributed by atoms with van der Waals surface area (Å²) in [6.45, 7) is 0.373. The molecule has 28 heavy (non-hydrogen) atoms. The number of hydrogen-bond acceptors (Lipinski definition) is 3.